The van der Waals surface area contributed by atoms with Crippen LogP contribution in [0.15, 0.2) is 36.9 Å². The number of aromatic nitrogens is 3. The van der Waals surface area contributed by atoms with Crippen molar-refractivity contribution < 1.29 is 14.3 Å². The van der Waals surface area contributed by atoms with Gasteiger partial charge in [0.1, 0.15) is 12.7 Å². The van der Waals surface area contributed by atoms with E-state index in [0.717, 1.165) is 18.4 Å². The first-order valence-electron chi connectivity index (χ1n) is 9.41. The van der Waals surface area contributed by atoms with E-state index in [1.165, 1.54) is 12.7 Å². The van der Waals surface area contributed by atoms with Gasteiger partial charge < -0.3 is 10.1 Å². The summed E-state index contributed by atoms with van der Waals surface area (Å²) in [4.78, 5) is 28.2. The van der Waals surface area contributed by atoms with E-state index in [0.29, 0.717) is 23.9 Å². The molecule has 144 valence electrons. The Morgan fingerprint density at radius 3 is 2.70 bits per heavy atom. The first kappa shape index (κ1) is 19.1. The molecule has 2 aromatic rings. The lowest BCUT2D eigenvalue weighted by Gasteiger charge is -2.34. The summed E-state index contributed by atoms with van der Waals surface area (Å²) in [7, 11) is 0. The largest absolute Gasteiger partial charge is 0.452 e. The topological polar surface area (TPSA) is 86.1 Å². The van der Waals surface area contributed by atoms with Gasteiger partial charge in [-0.15, -0.1) is 0 Å². The molecule has 1 fully saturated rings. The molecular weight excluding hydrogens is 344 g/mol. The minimum absolute atomic E-state index is 0.163. The zero-order valence-corrected chi connectivity index (χ0v) is 15.8. The minimum atomic E-state index is -0.498. The lowest BCUT2D eigenvalue weighted by Crippen LogP contribution is -2.45. The number of nitrogens with zero attached hydrogens (tertiary/aromatic N) is 3. The summed E-state index contributed by atoms with van der Waals surface area (Å²) in [6, 6.07) is 7.22. The predicted octanol–water partition coefficient (Wildman–Crippen LogP) is 2.42. The van der Waals surface area contributed by atoms with Crippen LogP contribution in [0.4, 0.5) is 0 Å². The van der Waals surface area contributed by atoms with Crippen molar-refractivity contribution in [3.8, 4) is 0 Å². The van der Waals surface area contributed by atoms with Crippen LogP contribution in [-0.4, -0.2) is 39.3 Å². The molecule has 0 spiro atoms. The fraction of sp³-hybridized carbons (Fsp3) is 0.500. The molecule has 1 aromatic carbocycles. The summed E-state index contributed by atoms with van der Waals surface area (Å²) in [6.07, 6.45) is 6.42. The van der Waals surface area contributed by atoms with E-state index < -0.39 is 5.97 Å². The Morgan fingerprint density at radius 1 is 1.22 bits per heavy atom. The Bertz CT molecular complexity index is 758. The zero-order valence-electron chi connectivity index (χ0n) is 15.8. The van der Waals surface area contributed by atoms with Crippen LogP contribution in [0.25, 0.3) is 0 Å². The van der Waals surface area contributed by atoms with Gasteiger partial charge in [0.25, 0.3) is 5.91 Å². The van der Waals surface area contributed by atoms with Gasteiger partial charge in [-0.2, -0.15) is 5.10 Å². The average Bonchev–Trinajstić information content (AvgIpc) is 3.17. The van der Waals surface area contributed by atoms with Crippen molar-refractivity contribution >= 4 is 11.9 Å². The SMILES string of the molecule is CC1CCCC(NC(=O)COC(=O)c2ccc(Cn3cncn3)cc2)C1C. The summed E-state index contributed by atoms with van der Waals surface area (Å²) in [5, 5.41) is 7.05. The first-order chi connectivity index (χ1) is 13.0. The molecule has 0 radical (unpaired) electrons. The molecule has 1 amide bonds. The molecule has 1 saturated carbocycles. The molecule has 3 unspecified atom stereocenters. The van der Waals surface area contributed by atoms with Crippen molar-refractivity contribution in [1.29, 1.82) is 0 Å². The molecule has 27 heavy (non-hydrogen) atoms. The van der Waals surface area contributed by atoms with Crippen molar-refractivity contribution in [2.24, 2.45) is 11.8 Å². The number of ether oxygens (including phenoxy) is 1. The maximum Gasteiger partial charge on any atom is 0.338 e. The van der Waals surface area contributed by atoms with Crippen LogP contribution in [0.3, 0.4) is 0 Å². The van der Waals surface area contributed by atoms with Crippen molar-refractivity contribution in [3.05, 3.63) is 48.0 Å². The van der Waals surface area contributed by atoms with Crippen LogP contribution in [-0.2, 0) is 16.1 Å². The van der Waals surface area contributed by atoms with Crippen molar-refractivity contribution in [3.63, 3.8) is 0 Å². The van der Waals surface area contributed by atoms with Crippen LogP contribution < -0.4 is 5.32 Å². The monoisotopic (exact) mass is 370 g/mol. The van der Waals surface area contributed by atoms with Crippen LogP contribution >= 0.6 is 0 Å². The van der Waals surface area contributed by atoms with E-state index in [4.69, 9.17) is 4.74 Å². The normalized spacial score (nSPS) is 22.2. The van der Waals surface area contributed by atoms with Crippen LogP contribution in [0.5, 0.6) is 0 Å². The third kappa shape index (κ3) is 5.15. The second-order valence-electron chi connectivity index (χ2n) is 7.31. The molecule has 1 N–H and O–H groups in total. The number of carbonyl (C=O) groups excluding carboxylic acids is 2. The Hall–Kier alpha value is -2.70. The molecule has 1 aliphatic carbocycles. The van der Waals surface area contributed by atoms with E-state index in [2.05, 4.69) is 29.2 Å². The van der Waals surface area contributed by atoms with Crippen molar-refractivity contribution in [2.45, 2.75) is 45.7 Å². The van der Waals surface area contributed by atoms with Crippen LogP contribution in [0, 0.1) is 11.8 Å². The fourth-order valence-electron chi connectivity index (χ4n) is 3.50. The van der Waals surface area contributed by atoms with E-state index in [9.17, 15) is 9.59 Å². The second-order valence-corrected chi connectivity index (χ2v) is 7.31. The molecular formula is C20H26N4O3. The van der Waals surface area contributed by atoms with Gasteiger partial charge in [0.15, 0.2) is 6.61 Å². The summed E-state index contributed by atoms with van der Waals surface area (Å²) in [5.74, 6) is 0.304. The van der Waals surface area contributed by atoms with E-state index in [1.54, 1.807) is 23.1 Å². The summed E-state index contributed by atoms with van der Waals surface area (Å²) in [5.41, 5.74) is 1.42. The number of nitrogens with one attached hydrogen (secondary N) is 1. The summed E-state index contributed by atoms with van der Waals surface area (Å²) in [6.45, 7) is 4.71. The quantitative estimate of drug-likeness (QED) is 0.789. The van der Waals surface area contributed by atoms with E-state index in [-0.39, 0.29) is 18.6 Å². The van der Waals surface area contributed by atoms with Gasteiger partial charge in [-0.05, 0) is 36.0 Å². The van der Waals surface area contributed by atoms with Crippen molar-refractivity contribution in [1.82, 2.24) is 20.1 Å². The van der Waals surface area contributed by atoms with Gasteiger partial charge in [0.05, 0.1) is 12.1 Å². The average molecular weight is 370 g/mol. The Morgan fingerprint density at radius 2 is 2.00 bits per heavy atom. The lowest BCUT2D eigenvalue weighted by atomic mass is 9.78. The molecule has 0 saturated heterocycles. The minimum Gasteiger partial charge on any atom is -0.452 e. The molecule has 7 heteroatoms. The zero-order chi connectivity index (χ0) is 19.2. The summed E-state index contributed by atoms with van der Waals surface area (Å²) >= 11 is 0. The molecule has 3 atom stereocenters. The maximum absolute atomic E-state index is 12.2. The molecule has 0 bridgehead atoms. The number of carbonyl (C=O) groups is 2. The Kier molecular flexibility index (Phi) is 6.21. The number of rotatable bonds is 6. The highest BCUT2D eigenvalue weighted by Crippen LogP contribution is 2.29. The number of hydrogen-bond acceptors (Lipinski definition) is 5. The molecule has 7 nitrogen and oxygen atoms in total. The number of hydrogen-bond donors (Lipinski definition) is 1. The number of amides is 1. The second kappa shape index (κ2) is 8.79. The highest BCUT2D eigenvalue weighted by atomic mass is 16.5. The van der Waals surface area contributed by atoms with Gasteiger partial charge in [-0.25, -0.2) is 14.5 Å². The molecule has 3 rings (SSSR count). The third-order valence-electron chi connectivity index (χ3n) is 5.39. The molecule has 1 aromatic heterocycles. The number of benzene rings is 1. The maximum atomic E-state index is 12.2. The highest BCUT2D eigenvalue weighted by molar-refractivity contribution is 5.91. The summed E-state index contributed by atoms with van der Waals surface area (Å²) < 4.78 is 6.86. The highest BCUT2D eigenvalue weighted by Gasteiger charge is 2.28. The Balaban J connectivity index is 1.46. The van der Waals surface area contributed by atoms with Gasteiger partial charge in [-0.1, -0.05) is 38.8 Å². The fourth-order valence-corrected chi connectivity index (χ4v) is 3.50. The van der Waals surface area contributed by atoms with Gasteiger partial charge >= 0.3 is 5.97 Å². The third-order valence-corrected chi connectivity index (χ3v) is 5.39. The van der Waals surface area contributed by atoms with Gasteiger partial charge in [0, 0.05) is 6.04 Å². The van der Waals surface area contributed by atoms with Crippen LogP contribution in [0.2, 0.25) is 0 Å². The number of esters is 1. The van der Waals surface area contributed by atoms with Crippen LogP contribution in [0.1, 0.15) is 49.0 Å². The molecule has 0 aliphatic heterocycles. The molecule has 1 aliphatic rings. The lowest BCUT2D eigenvalue weighted by molar-refractivity contribution is -0.125. The van der Waals surface area contributed by atoms with E-state index >= 15 is 0 Å². The van der Waals surface area contributed by atoms with Gasteiger partial charge in [-0.3, -0.25) is 4.79 Å². The first-order valence-corrected chi connectivity index (χ1v) is 9.41. The predicted molar refractivity (Wildman–Crippen MR) is 100.0 cm³/mol. The standard InChI is InChI=1S/C20H26N4O3/c1-14-4-3-5-18(15(14)2)23-19(25)11-27-20(26)17-8-6-16(7-9-17)10-24-13-21-12-22-24/h6-9,12-15,18H,3-5,10-11H2,1-2H3,(H,23,25). The van der Waals surface area contributed by atoms with E-state index in [1.807, 2.05) is 12.1 Å². The van der Waals surface area contributed by atoms with Gasteiger partial charge in [0.2, 0.25) is 0 Å². The smallest absolute Gasteiger partial charge is 0.338 e. The Labute approximate surface area is 159 Å². The molecule has 1 heterocycles. The van der Waals surface area contributed by atoms with Crippen molar-refractivity contribution in [2.75, 3.05) is 6.61 Å².